The number of carbonyl (C=O) groups excluding carboxylic acids is 1. The Labute approximate surface area is 97.0 Å². The molecule has 1 amide bonds. The Morgan fingerprint density at radius 3 is 2.12 bits per heavy atom. The highest BCUT2D eigenvalue weighted by Crippen LogP contribution is 2.12. The summed E-state index contributed by atoms with van der Waals surface area (Å²) in [6, 6.07) is -0.957. The van der Waals surface area contributed by atoms with Crippen LogP contribution in [0, 0.1) is 0 Å². The molecule has 0 saturated heterocycles. The quantitative estimate of drug-likeness (QED) is 0.512. The Morgan fingerprint density at radius 1 is 1.29 bits per heavy atom. The second-order valence-electron chi connectivity index (χ2n) is 4.08. The summed E-state index contributed by atoms with van der Waals surface area (Å²) in [5.41, 5.74) is -1.12. The minimum atomic E-state index is -4.47. The smallest absolute Gasteiger partial charge is 0.394 e. The maximum absolute atomic E-state index is 11.8. The molecule has 17 heavy (non-hydrogen) atoms. The third-order valence-electron chi connectivity index (χ3n) is 2.12. The Morgan fingerprint density at radius 2 is 1.76 bits per heavy atom. The lowest BCUT2D eigenvalue weighted by molar-refractivity contribution is -0.139. The summed E-state index contributed by atoms with van der Waals surface area (Å²) in [5.74, 6) is -0.851. The maximum atomic E-state index is 11.8. The molecular formula is C9H17F3N2O3. The van der Waals surface area contributed by atoms with Crippen LogP contribution in [0.3, 0.4) is 0 Å². The fourth-order valence-corrected chi connectivity index (χ4v) is 1.07. The second-order valence-corrected chi connectivity index (χ2v) is 4.08. The molecule has 0 saturated carbocycles. The van der Waals surface area contributed by atoms with Gasteiger partial charge in [-0.1, -0.05) is 0 Å². The van der Waals surface area contributed by atoms with Gasteiger partial charge in [-0.15, -0.1) is 0 Å². The number of amides is 1. The van der Waals surface area contributed by atoms with Crippen molar-refractivity contribution in [3.63, 3.8) is 0 Å². The average molecular weight is 258 g/mol. The third kappa shape index (κ3) is 6.44. The van der Waals surface area contributed by atoms with E-state index in [4.69, 9.17) is 10.2 Å². The van der Waals surface area contributed by atoms with Crippen LogP contribution < -0.4 is 10.6 Å². The number of aliphatic hydroxyl groups is 2. The lowest BCUT2D eigenvalue weighted by Gasteiger charge is -2.29. The number of halogens is 3. The lowest BCUT2D eigenvalue weighted by Crippen LogP contribution is -2.57. The van der Waals surface area contributed by atoms with Gasteiger partial charge in [-0.25, -0.2) is 0 Å². The first-order chi connectivity index (χ1) is 7.63. The topological polar surface area (TPSA) is 81.6 Å². The molecular weight excluding hydrogens is 241 g/mol. The van der Waals surface area contributed by atoms with Crippen LogP contribution in [0.4, 0.5) is 13.2 Å². The van der Waals surface area contributed by atoms with Gasteiger partial charge in [0.15, 0.2) is 0 Å². The van der Waals surface area contributed by atoms with Gasteiger partial charge in [0.05, 0.1) is 24.8 Å². The normalized spacial score (nSPS) is 14.5. The summed E-state index contributed by atoms with van der Waals surface area (Å²) < 4.78 is 35.5. The predicted molar refractivity (Wildman–Crippen MR) is 54.2 cm³/mol. The molecule has 0 aliphatic rings. The van der Waals surface area contributed by atoms with Crippen molar-refractivity contribution in [3.05, 3.63) is 0 Å². The van der Waals surface area contributed by atoms with Crippen molar-refractivity contribution in [1.82, 2.24) is 10.6 Å². The molecule has 5 nitrogen and oxygen atoms in total. The predicted octanol–water partition coefficient (Wildman–Crippen LogP) is -0.614. The molecule has 0 aromatic heterocycles. The van der Waals surface area contributed by atoms with E-state index in [1.54, 1.807) is 5.32 Å². The number of rotatable bonds is 6. The number of alkyl halides is 3. The zero-order chi connectivity index (χ0) is 13.7. The van der Waals surface area contributed by atoms with Crippen molar-refractivity contribution in [2.75, 3.05) is 19.8 Å². The van der Waals surface area contributed by atoms with Crippen LogP contribution in [0.1, 0.15) is 13.8 Å². The Kier molecular flexibility index (Phi) is 5.86. The largest absolute Gasteiger partial charge is 0.405 e. The van der Waals surface area contributed by atoms with E-state index in [0.717, 1.165) is 0 Å². The number of aliphatic hydroxyl groups excluding tert-OH is 2. The summed E-state index contributed by atoms with van der Waals surface area (Å²) in [6.07, 6.45) is -4.47. The van der Waals surface area contributed by atoms with Gasteiger partial charge in [0.2, 0.25) is 5.91 Å². The van der Waals surface area contributed by atoms with Gasteiger partial charge in [0, 0.05) is 0 Å². The van der Waals surface area contributed by atoms with Crippen LogP contribution in [0.15, 0.2) is 0 Å². The molecule has 0 aliphatic carbocycles. The first-order valence-electron chi connectivity index (χ1n) is 4.97. The minimum Gasteiger partial charge on any atom is -0.394 e. The van der Waals surface area contributed by atoms with Gasteiger partial charge in [0.25, 0.3) is 0 Å². The van der Waals surface area contributed by atoms with Crippen LogP contribution in [-0.4, -0.2) is 53.6 Å². The first kappa shape index (κ1) is 16.1. The van der Waals surface area contributed by atoms with E-state index in [1.165, 1.54) is 13.8 Å². The molecule has 4 N–H and O–H groups in total. The Hall–Kier alpha value is -0.860. The fourth-order valence-electron chi connectivity index (χ4n) is 1.07. The summed E-state index contributed by atoms with van der Waals surface area (Å²) in [5, 5.41) is 22.1. The highest BCUT2D eigenvalue weighted by atomic mass is 19.4. The van der Waals surface area contributed by atoms with Crippen LogP contribution in [-0.2, 0) is 4.79 Å². The van der Waals surface area contributed by atoms with Crippen molar-refractivity contribution >= 4 is 5.91 Å². The van der Waals surface area contributed by atoms with Crippen LogP contribution in [0.2, 0.25) is 0 Å². The molecule has 102 valence electrons. The molecule has 0 spiro atoms. The van der Waals surface area contributed by atoms with Gasteiger partial charge < -0.3 is 15.5 Å². The summed E-state index contributed by atoms with van der Waals surface area (Å²) in [6.45, 7) is 0.489. The zero-order valence-corrected chi connectivity index (χ0v) is 9.64. The first-order valence-corrected chi connectivity index (χ1v) is 4.97. The van der Waals surface area contributed by atoms with E-state index in [2.05, 4.69) is 5.32 Å². The van der Waals surface area contributed by atoms with Crippen LogP contribution in [0.25, 0.3) is 0 Å². The highest BCUT2D eigenvalue weighted by molar-refractivity contribution is 5.81. The van der Waals surface area contributed by atoms with Gasteiger partial charge in [-0.3, -0.25) is 10.1 Å². The molecule has 1 unspecified atom stereocenters. The Balaban J connectivity index is 4.23. The zero-order valence-electron chi connectivity index (χ0n) is 9.64. The van der Waals surface area contributed by atoms with Crippen molar-refractivity contribution < 1.29 is 28.2 Å². The lowest BCUT2D eigenvalue weighted by atomic mass is 10.0. The molecule has 0 heterocycles. The van der Waals surface area contributed by atoms with Crippen molar-refractivity contribution in [3.8, 4) is 0 Å². The third-order valence-corrected chi connectivity index (χ3v) is 2.12. The molecule has 0 aromatic rings. The maximum Gasteiger partial charge on any atom is 0.405 e. The molecule has 1 atom stereocenters. The van der Waals surface area contributed by atoms with Gasteiger partial charge >= 0.3 is 6.18 Å². The van der Waals surface area contributed by atoms with E-state index >= 15 is 0 Å². The van der Waals surface area contributed by atoms with Gasteiger partial charge in [-0.2, -0.15) is 13.2 Å². The monoisotopic (exact) mass is 258 g/mol. The van der Waals surface area contributed by atoms with Crippen molar-refractivity contribution in [2.24, 2.45) is 0 Å². The highest BCUT2D eigenvalue weighted by Gasteiger charge is 2.31. The van der Waals surface area contributed by atoms with Crippen molar-refractivity contribution in [2.45, 2.75) is 31.6 Å². The van der Waals surface area contributed by atoms with E-state index in [-0.39, 0.29) is 0 Å². The number of carbonyl (C=O) groups is 1. The molecule has 0 aliphatic heterocycles. The summed E-state index contributed by atoms with van der Waals surface area (Å²) >= 11 is 0. The molecule has 0 rings (SSSR count). The Bertz CT molecular complexity index is 254. The number of hydrogen-bond donors (Lipinski definition) is 4. The van der Waals surface area contributed by atoms with Gasteiger partial charge in [-0.05, 0) is 13.8 Å². The van der Waals surface area contributed by atoms with E-state index in [0.29, 0.717) is 0 Å². The van der Waals surface area contributed by atoms with Gasteiger partial charge in [0.1, 0.15) is 6.54 Å². The number of hydrogen-bond acceptors (Lipinski definition) is 4. The minimum absolute atomic E-state index is 0.444. The summed E-state index contributed by atoms with van der Waals surface area (Å²) in [7, 11) is 0. The summed E-state index contributed by atoms with van der Waals surface area (Å²) in [4.78, 5) is 11.3. The molecule has 0 bridgehead atoms. The average Bonchev–Trinajstić information content (AvgIpc) is 2.24. The van der Waals surface area contributed by atoms with Crippen LogP contribution >= 0.6 is 0 Å². The fraction of sp³-hybridized carbons (Fsp3) is 0.889. The van der Waals surface area contributed by atoms with E-state index in [9.17, 15) is 18.0 Å². The molecule has 8 heteroatoms. The van der Waals surface area contributed by atoms with E-state index in [1.807, 2.05) is 0 Å². The van der Waals surface area contributed by atoms with Crippen LogP contribution in [0.5, 0.6) is 0 Å². The van der Waals surface area contributed by atoms with Crippen molar-refractivity contribution in [1.29, 1.82) is 0 Å². The van der Waals surface area contributed by atoms with E-state index < -0.39 is 43.4 Å². The molecule has 0 aromatic carbocycles. The SMILES string of the molecule is CC(NC(C)(CO)CO)C(=O)NCC(F)(F)F. The second kappa shape index (κ2) is 6.18. The number of nitrogens with one attached hydrogen (secondary N) is 2. The standard InChI is InChI=1S/C9H17F3N2O3/c1-6(14-8(2,4-15)5-16)7(17)13-3-9(10,11)12/h6,14-16H,3-5H2,1-2H3,(H,13,17). The molecule has 0 fully saturated rings. The molecule has 0 radical (unpaired) electrons.